The van der Waals surface area contributed by atoms with E-state index in [-0.39, 0.29) is 19.1 Å². The molecule has 0 aromatic heterocycles. The number of quaternary nitrogens is 1. The van der Waals surface area contributed by atoms with E-state index in [1.165, 1.54) is 51.4 Å². The number of hydrogen-bond donors (Lipinski definition) is 3. The van der Waals surface area contributed by atoms with E-state index in [1.807, 2.05) is 27.2 Å². The van der Waals surface area contributed by atoms with Gasteiger partial charge in [0.1, 0.15) is 13.2 Å². The lowest BCUT2D eigenvalue weighted by Crippen LogP contribution is -2.45. The normalized spacial score (nSPS) is 15.3. The Bertz CT molecular complexity index is 1000. The van der Waals surface area contributed by atoms with Crippen LogP contribution in [-0.4, -0.2) is 73.4 Å². The van der Waals surface area contributed by atoms with E-state index in [0.29, 0.717) is 17.4 Å². The Balaban J connectivity index is 4.35. The largest absolute Gasteiger partial charge is 0.472 e. The second kappa shape index (κ2) is 33.1. The Morgan fingerprint density at radius 2 is 1.20 bits per heavy atom. The lowest BCUT2D eigenvalue weighted by molar-refractivity contribution is -0.870. The number of carbonyl (C=O) groups excluding carboxylic acids is 1. The van der Waals surface area contributed by atoms with Gasteiger partial charge in [-0.05, 0) is 64.2 Å². The molecule has 0 spiro atoms. The van der Waals surface area contributed by atoms with E-state index in [4.69, 9.17) is 9.05 Å². The highest BCUT2D eigenvalue weighted by atomic mass is 31.2. The second-order valence-electron chi connectivity index (χ2n) is 14.3. The molecule has 0 aliphatic carbocycles. The first-order valence-corrected chi connectivity index (χ1v) is 21.2. The lowest BCUT2D eigenvalue weighted by atomic mass is 10.1. The number of unbranched alkanes of at least 4 members (excludes halogenated alkanes) is 13. The molecule has 0 heterocycles. The van der Waals surface area contributed by atoms with E-state index in [2.05, 4.69) is 67.8 Å². The van der Waals surface area contributed by atoms with Crippen molar-refractivity contribution in [1.29, 1.82) is 0 Å². The van der Waals surface area contributed by atoms with Crippen LogP contribution in [0.5, 0.6) is 0 Å². The average molecular weight is 724 g/mol. The van der Waals surface area contributed by atoms with Gasteiger partial charge in [0.25, 0.3) is 0 Å². The van der Waals surface area contributed by atoms with Gasteiger partial charge in [0.2, 0.25) is 5.91 Å². The standard InChI is InChI=1S/C41H75N2O6P/c1-6-8-10-12-14-15-16-17-18-19-20-21-22-23-24-25-26-27-29-31-33-35-41(45)42-39(40(44)34-32-30-28-13-11-9-7-2)38-49-50(46,47)48-37-36-43(3,4)5/h11,13,16-17,19-20,22-23,32,34,39-40,44H,6-10,12,14-15,18,21,24-31,33,35-38H2,1-5H3,(H-,42,45,46,47)/p+1/b13-11+,17-16-,20-19-,23-22-,34-32+. The maximum Gasteiger partial charge on any atom is 0.472 e. The number of phosphoric acid groups is 1. The first-order chi connectivity index (χ1) is 24.0. The summed E-state index contributed by atoms with van der Waals surface area (Å²) >= 11 is 0. The van der Waals surface area contributed by atoms with Crippen molar-refractivity contribution in [2.75, 3.05) is 40.9 Å². The summed E-state index contributed by atoms with van der Waals surface area (Å²) in [5.41, 5.74) is 0. The molecule has 0 aliphatic heterocycles. The molecule has 1 amide bonds. The van der Waals surface area contributed by atoms with Gasteiger partial charge in [0.05, 0.1) is 39.9 Å². The number of aliphatic hydroxyl groups is 1. The van der Waals surface area contributed by atoms with Crippen LogP contribution in [0.25, 0.3) is 0 Å². The van der Waals surface area contributed by atoms with Gasteiger partial charge >= 0.3 is 7.82 Å². The van der Waals surface area contributed by atoms with Crippen LogP contribution in [-0.2, 0) is 18.4 Å². The number of hydrogen-bond acceptors (Lipinski definition) is 5. The summed E-state index contributed by atoms with van der Waals surface area (Å²) in [4.78, 5) is 22.9. The third-order valence-corrected chi connectivity index (χ3v) is 9.18. The Kier molecular flexibility index (Phi) is 31.9. The summed E-state index contributed by atoms with van der Waals surface area (Å²) in [6, 6.07) is -0.868. The van der Waals surface area contributed by atoms with Gasteiger partial charge in [0, 0.05) is 6.42 Å². The summed E-state index contributed by atoms with van der Waals surface area (Å²) in [6.07, 6.45) is 41.7. The summed E-state index contributed by atoms with van der Waals surface area (Å²) in [5, 5.41) is 13.6. The molecule has 0 fully saturated rings. The zero-order valence-electron chi connectivity index (χ0n) is 32.6. The second-order valence-corrected chi connectivity index (χ2v) is 15.7. The SMILES string of the molecule is CCC/C=C/CC/C=C/C(O)C(COP(=O)(O)OCC[N+](C)(C)C)NC(=O)CCCCCCCC/C=C\C/C=C\C/C=C\CCCCCCC. The third-order valence-electron chi connectivity index (χ3n) is 8.19. The fourth-order valence-corrected chi connectivity index (χ4v) is 5.75. The number of carbonyl (C=O) groups is 1. The van der Waals surface area contributed by atoms with E-state index in [0.717, 1.165) is 70.6 Å². The number of nitrogens with zero attached hydrogens (tertiary/aromatic N) is 1. The Labute approximate surface area is 307 Å². The van der Waals surface area contributed by atoms with E-state index >= 15 is 0 Å². The number of phosphoric ester groups is 1. The molecule has 0 bridgehead atoms. The number of rotatable bonds is 34. The highest BCUT2D eigenvalue weighted by Crippen LogP contribution is 2.43. The first kappa shape index (κ1) is 48.2. The molecule has 0 aromatic rings. The fourth-order valence-electron chi connectivity index (χ4n) is 5.01. The molecule has 0 radical (unpaired) electrons. The zero-order chi connectivity index (χ0) is 37.2. The number of likely N-dealkylation sites (N-methyl/N-ethyl adjacent to an activating group) is 1. The minimum absolute atomic E-state index is 0.0499. The maximum absolute atomic E-state index is 12.8. The lowest BCUT2D eigenvalue weighted by Gasteiger charge is -2.25. The molecule has 0 aromatic carbocycles. The minimum Gasteiger partial charge on any atom is -0.387 e. The highest BCUT2D eigenvalue weighted by molar-refractivity contribution is 7.47. The molecule has 3 N–H and O–H groups in total. The molecule has 3 atom stereocenters. The smallest absolute Gasteiger partial charge is 0.387 e. The number of nitrogens with one attached hydrogen (secondary N) is 1. The van der Waals surface area contributed by atoms with Crippen molar-refractivity contribution in [2.24, 2.45) is 0 Å². The van der Waals surface area contributed by atoms with Crippen LogP contribution < -0.4 is 5.32 Å². The van der Waals surface area contributed by atoms with Gasteiger partial charge in [-0.25, -0.2) is 4.57 Å². The third kappa shape index (κ3) is 34.6. The quantitative estimate of drug-likeness (QED) is 0.0264. The Morgan fingerprint density at radius 3 is 1.80 bits per heavy atom. The Morgan fingerprint density at radius 1 is 0.680 bits per heavy atom. The topological polar surface area (TPSA) is 105 Å². The summed E-state index contributed by atoms with van der Waals surface area (Å²) in [7, 11) is 1.53. The maximum atomic E-state index is 12.8. The zero-order valence-corrected chi connectivity index (χ0v) is 33.5. The van der Waals surface area contributed by atoms with Gasteiger partial charge in [-0.1, -0.05) is 132 Å². The predicted molar refractivity (Wildman–Crippen MR) is 212 cm³/mol. The molecule has 0 aliphatic rings. The predicted octanol–water partition coefficient (Wildman–Crippen LogP) is 10.3. The molecule has 50 heavy (non-hydrogen) atoms. The number of amides is 1. The molecule has 0 rings (SSSR count). The van der Waals surface area contributed by atoms with E-state index in [1.54, 1.807) is 6.08 Å². The molecule has 8 nitrogen and oxygen atoms in total. The van der Waals surface area contributed by atoms with Crippen LogP contribution in [0, 0.1) is 0 Å². The fraction of sp³-hybridized carbons (Fsp3) is 0.732. The van der Waals surface area contributed by atoms with E-state index < -0.39 is 20.0 Å². The van der Waals surface area contributed by atoms with Crippen molar-refractivity contribution in [2.45, 2.75) is 154 Å². The molecule has 290 valence electrons. The van der Waals surface area contributed by atoms with Crippen LogP contribution >= 0.6 is 7.82 Å². The van der Waals surface area contributed by atoms with E-state index in [9.17, 15) is 19.4 Å². The van der Waals surface area contributed by atoms with Gasteiger partial charge in [-0.3, -0.25) is 13.8 Å². The molecule has 0 saturated carbocycles. The number of allylic oxidation sites excluding steroid dienone is 9. The molecular weight excluding hydrogens is 647 g/mol. The van der Waals surface area contributed by atoms with Crippen molar-refractivity contribution in [3.8, 4) is 0 Å². The van der Waals surface area contributed by atoms with Crippen LogP contribution in [0.4, 0.5) is 0 Å². The first-order valence-electron chi connectivity index (χ1n) is 19.7. The molecule has 3 unspecified atom stereocenters. The van der Waals surface area contributed by atoms with Crippen LogP contribution in [0.1, 0.15) is 142 Å². The summed E-state index contributed by atoms with van der Waals surface area (Å²) in [6.45, 7) is 4.63. The van der Waals surface area contributed by atoms with Crippen LogP contribution in [0.3, 0.4) is 0 Å². The molecule has 0 saturated heterocycles. The van der Waals surface area contributed by atoms with Crippen LogP contribution in [0.15, 0.2) is 60.8 Å². The Hall–Kier alpha value is -1.80. The van der Waals surface area contributed by atoms with Crippen LogP contribution in [0.2, 0.25) is 0 Å². The van der Waals surface area contributed by atoms with Gasteiger partial charge in [0.15, 0.2) is 0 Å². The summed E-state index contributed by atoms with van der Waals surface area (Å²) in [5.74, 6) is -0.208. The monoisotopic (exact) mass is 724 g/mol. The number of aliphatic hydroxyl groups excluding tert-OH is 1. The highest BCUT2D eigenvalue weighted by Gasteiger charge is 2.27. The molecule has 9 heteroatoms. The minimum atomic E-state index is -4.34. The summed E-state index contributed by atoms with van der Waals surface area (Å²) < 4.78 is 23.3. The van der Waals surface area contributed by atoms with Gasteiger partial charge in [-0.15, -0.1) is 0 Å². The van der Waals surface area contributed by atoms with Gasteiger partial charge < -0.3 is 19.8 Å². The van der Waals surface area contributed by atoms with Crippen molar-refractivity contribution < 1.29 is 32.9 Å². The average Bonchev–Trinajstić information content (AvgIpc) is 3.06. The van der Waals surface area contributed by atoms with Gasteiger partial charge in [-0.2, -0.15) is 0 Å². The van der Waals surface area contributed by atoms with Crippen molar-refractivity contribution in [3.05, 3.63) is 60.8 Å². The molecular formula is C41H76N2O6P+. The van der Waals surface area contributed by atoms with Crippen molar-refractivity contribution >= 4 is 13.7 Å². The van der Waals surface area contributed by atoms with Crippen molar-refractivity contribution in [3.63, 3.8) is 0 Å². The van der Waals surface area contributed by atoms with Crippen molar-refractivity contribution in [1.82, 2.24) is 5.32 Å².